The number of carbonyl (C=O) groups excluding carboxylic acids is 2. The van der Waals surface area contributed by atoms with Crippen molar-refractivity contribution in [2.24, 2.45) is 5.73 Å². The second kappa shape index (κ2) is 4.23. The normalized spacial score (nSPS) is 20.2. The average molecular weight is 240 g/mol. The van der Waals surface area contributed by atoms with Gasteiger partial charge in [0.15, 0.2) is 0 Å². The molecule has 1 atom stereocenters. The molecule has 0 unspecified atom stereocenters. The summed E-state index contributed by atoms with van der Waals surface area (Å²) in [5.41, 5.74) is 6.06. The molecule has 5 nitrogen and oxygen atoms in total. The van der Waals surface area contributed by atoms with Crippen LogP contribution in [0.1, 0.15) is 16.8 Å². The predicted molar refractivity (Wildman–Crippen MR) is 60.6 cm³/mol. The van der Waals surface area contributed by atoms with Crippen LogP contribution in [0.4, 0.5) is 5.00 Å². The van der Waals surface area contributed by atoms with Crippen LogP contribution in [-0.4, -0.2) is 31.6 Å². The minimum absolute atomic E-state index is 0.132. The molecule has 1 amide bonds. The van der Waals surface area contributed by atoms with Gasteiger partial charge in [0, 0.05) is 6.54 Å². The first-order valence-corrected chi connectivity index (χ1v) is 5.76. The van der Waals surface area contributed by atoms with Crippen molar-refractivity contribution < 1.29 is 14.3 Å². The molecule has 0 saturated carbocycles. The first kappa shape index (κ1) is 11.1. The molecule has 86 valence electrons. The Balaban J connectivity index is 2.31. The summed E-state index contributed by atoms with van der Waals surface area (Å²) in [4.78, 5) is 24.7. The molecule has 0 radical (unpaired) electrons. The van der Waals surface area contributed by atoms with Gasteiger partial charge in [-0.25, -0.2) is 4.79 Å². The minimum atomic E-state index is -0.451. The zero-order chi connectivity index (χ0) is 11.7. The molecule has 1 aromatic heterocycles. The van der Waals surface area contributed by atoms with Gasteiger partial charge in [0.2, 0.25) is 5.91 Å². The lowest BCUT2D eigenvalue weighted by molar-refractivity contribution is -0.118. The molecule has 0 aromatic carbocycles. The van der Waals surface area contributed by atoms with E-state index in [0.717, 1.165) is 0 Å². The number of hydrogen-bond acceptors (Lipinski definition) is 5. The summed E-state index contributed by atoms with van der Waals surface area (Å²) in [7, 11) is 1.32. The van der Waals surface area contributed by atoms with Gasteiger partial charge in [0.05, 0.1) is 18.7 Å². The third kappa shape index (κ3) is 1.70. The highest BCUT2D eigenvalue weighted by atomic mass is 32.1. The molecule has 16 heavy (non-hydrogen) atoms. The zero-order valence-electron chi connectivity index (χ0n) is 8.80. The lowest BCUT2D eigenvalue weighted by Crippen LogP contribution is -2.34. The SMILES string of the molecule is COC(=O)c1ccsc1N1CC[C@@H](N)C1=O. The molecule has 1 fully saturated rings. The van der Waals surface area contributed by atoms with Crippen molar-refractivity contribution in [3.8, 4) is 0 Å². The van der Waals surface area contributed by atoms with Gasteiger partial charge in [-0.2, -0.15) is 0 Å². The number of amides is 1. The maximum absolute atomic E-state index is 11.7. The quantitative estimate of drug-likeness (QED) is 0.768. The fourth-order valence-corrected chi connectivity index (χ4v) is 2.60. The van der Waals surface area contributed by atoms with E-state index < -0.39 is 12.0 Å². The van der Waals surface area contributed by atoms with Gasteiger partial charge in [-0.15, -0.1) is 11.3 Å². The Morgan fingerprint density at radius 2 is 2.44 bits per heavy atom. The molecular formula is C10H12N2O3S. The number of carbonyl (C=O) groups is 2. The molecule has 2 N–H and O–H groups in total. The fourth-order valence-electron chi connectivity index (χ4n) is 1.68. The van der Waals surface area contributed by atoms with E-state index in [2.05, 4.69) is 4.74 Å². The number of methoxy groups -OCH3 is 1. The number of anilines is 1. The van der Waals surface area contributed by atoms with Crippen LogP contribution in [0.15, 0.2) is 11.4 Å². The Kier molecular flexibility index (Phi) is 2.93. The minimum Gasteiger partial charge on any atom is -0.465 e. The van der Waals surface area contributed by atoms with Crippen LogP contribution in [-0.2, 0) is 9.53 Å². The molecular weight excluding hydrogens is 228 g/mol. The van der Waals surface area contributed by atoms with Crippen LogP contribution < -0.4 is 10.6 Å². The molecule has 1 saturated heterocycles. The van der Waals surface area contributed by atoms with E-state index in [1.807, 2.05) is 0 Å². The van der Waals surface area contributed by atoms with Crippen molar-refractivity contribution in [2.45, 2.75) is 12.5 Å². The molecule has 2 heterocycles. The highest BCUT2D eigenvalue weighted by Crippen LogP contribution is 2.31. The summed E-state index contributed by atoms with van der Waals surface area (Å²) in [5.74, 6) is -0.558. The topological polar surface area (TPSA) is 72.6 Å². The smallest absolute Gasteiger partial charge is 0.340 e. The van der Waals surface area contributed by atoms with E-state index in [-0.39, 0.29) is 5.91 Å². The second-order valence-electron chi connectivity index (χ2n) is 3.52. The van der Waals surface area contributed by atoms with Crippen LogP contribution >= 0.6 is 11.3 Å². The maximum atomic E-state index is 11.7. The first-order chi connectivity index (χ1) is 7.65. The Morgan fingerprint density at radius 1 is 1.69 bits per heavy atom. The van der Waals surface area contributed by atoms with Gasteiger partial charge in [-0.3, -0.25) is 4.79 Å². The summed E-state index contributed by atoms with van der Waals surface area (Å²) >= 11 is 1.34. The fraction of sp³-hybridized carbons (Fsp3) is 0.400. The summed E-state index contributed by atoms with van der Waals surface area (Å²) in [5, 5.41) is 2.39. The van der Waals surface area contributed by atoms with E-state index in [0.29, 0.717) is 23.5 Å². The lowest BCUT2D eigenvalue weighted by atomic mass is 10.3. The number of rotatable bonds is 2. The number of hydrogen-bond donors (Lipinski definition) is 1. The Bertz CT molecular complexity index is 429. The summed E-state index contributed by atoms with van der Waals surface area (Å²) in [6.07, 6.45) is 0.622. The van der Waals surface area contributed by atoms with Crippen molar-refractivity contribution in [3.63, 3.8) is 0 Å². The zero-order valence-corrected chi connectivity index (χ0v) is 9.62. The standard InChI is InChI=1S/C10H12N2O3S/c1-15-10(14)6-3-5-16-9(6)12-4-2-7(11)8(12)13/h3,5,7H,2,4,11H2,1H3/t7-/m1/s1. The Morgan fingerprint density at radius 3 is 3.00 bits per heavy atom. The van der Waals surface area contributed by atoms with E-state index in [9.17, 15) is 9.59 Å². The van der Waals surface area contributed by atoms with Gasteiger partial charge < -0.3 is 15.4 Å². The second-order valence-corrected chi connectivity index (χ2v) is 4.41. The predicted octanol–water partition coefficient (Wildman–Crippen LogP) is 0.599. The van der Waals surface area contributed by atoms with Crippen LogP contribution in [0.3, 0.4) is 0 Å². The van der Waals surface area contributed by atoms with Crippen LogP contribution in [0.2, 0.25) is 0 Å². The van der Waals surface area contributed by atoms with E-state index in [1.54, 1.807) is 16.3 Å². The monoisotopic (exact) mass is 240 g/mol. The van der Waals surface area contributed by atoms with Crippen molar-refractivity contribution in [3.05, 3.63) is 17.0 Å². The molecule has 6 heteroatoms. The summed E-state index contributed by atoms with van der Waals surface area (Å²) in [6.45, 7) is 0.560. The number of ether oxygens (including phenoxy) is 1. The number of nitrogens with two attached hydrogens (primary N) is 1. The highest BCUT2D eigenvalue weighted by molar-refractivity contribution is 7.14. The number of esters is 1. The van der Waals surface area contributed by atoms with Gasteiger partial charge in [-0.05, 0) is 17.9 Å². The molecule has 0 spiro atoms. The summed E-state index contributed by atoms with van der Waals surface area (Å²) in [6, 6.07) is 1.20. The molecule has 2 rings (SSSR count). The van der Waals surface area contributed by atoms with E-state index in [1.165, 1.54) is 18.4 Å². The number of nitrogens with zero attached hydrogens (tertiary/aromatic N) is 1. The average Bonchev–Trinajstić information content (AvgIpc) is 2.86. The van der Waals surface area contributed by atoms with Crippen molar-refractivity contribution in [2.75, 3.05) is 18.6 Å². The largest absolute Gasteiger partial charge is 0.465 e. The van der Waals surface area contributed by atoms with Gasteiger partial charge in [0.25, 0.3) is 0 Å². The van der Waals surface area contributed by atoms with Crippen LogP contribution in [0.5, 0.6) is 0 Å². The summed E-state index contributed by atoms with van der Waals surface area (Å²) < 4.78 is 4.66. The van der Waals surface area contributed by atoms with Gasteiger partial charge >= 0.3 is 5.97 Å². The van der Waals surface area contributed by atoms with Crippen molar-refractivity contribution in [1.29, 1.82) is 0 Å². The van der Waals surface area contributed by atoms with Gasteiger partial charge in [-0.1, -0.05) is 0 Å². The van der Waals surface area contributed by atoms with E-state index >= 15 is 0 Å². The third-order valence-corrected chi connectivity index (χ3v) is 3.48. The molecule has 1 aromatic rings. The molecule has 0 aliphatic carbocycles. The number of thiophene rings is 1. The van der Waals surface area contributed by atoms with E-state index in [4.69, 9.17) is 5.73 Å². The first-order valence-electron chi connectivity index (χ1n) is 4.88. The highest BCUT2D eigenvalue weighted by Gasteiger charge is 2.32. The van der Waals surface area contributed by atoms with Crippen molar-refractivity contribution >= 4 is 28.2 Å². The van der Waals surface area contributed by atoms with Crippen LogP contribution in [0, 0.1) is 0 Å². The third-order valence-electron chi connectivity index (χ3n) is 2.54. The molecule has 0 bridgehead atoms. The molecule has 1 aliphatic rings. The van der Waals surface area contributed by atoms with Gasteiger partial charge in [0.1, 0.15) is 5.00 Å². The Labute approximate surface area is 96.8 Å². The van der Waals surface area contributed by atoms with Crippen molar-refractivity contribution in [1.82, 2.24) is 0 Å². The Hall–Kier alpha value is -1.40. The molecule has 1 aliphatic heterocycles. The van der Waals surface area contributed by atoms with Crippen LogP contribution in [0.25, 0.3) is 0 Å². The lowest BCUT2D eigenvalue weighted by Gasteiger charge is -2.15. The maximum Gasteiger partial charge on any atom is 0.340 e.